The fraction of sp³-hybridized carbons (Fsp3) is 0.357. The van der Waals surface area contributed by atoms with Crippen molar-refractivity contribution < 1.29 is 4.79 Å². The zero-order chi connectivity index (χ0) is 12.3. The molecule has 88 valence electrons. The standard InChI is InChI=1S/C14H14ClNO/c1-11(17)16-9-7-13-10-12(4-2-3-8-15)5-6-14(13)16/h5-6,10H,3,7-9H2,1H3. The molecule has 0 aromatic heterocycles. The molecular weight excluding hydrogens is 234 g/mol. The van der Waals surface area contributed by atoms with E-state index >= 15 is 0 Å². The van der Waals surface area contributed by atoms with E-state index in [2.05, 4.69) is 17.9 Å². The number of carbonyl (C=O) groups excluding carboxylic acids is 1. The van der Waals surface area contributed by atoms with E-state index in [-0.39, 0.29) is 5.91 Å². The van der Waals surface area contributed by atoms with Crippen LogP contribution in [0.15, 0.2) is 18.2 Å². The van der Waals surface area contributed by atoms with Gasteiger partial charge < -0.3 is 4.90 Å². The lowest BCUT2D eigenvalue weighted by atomic mass is 10.1. The molecule has 1 heterocycles. The first kappa shape index (κ1) is 12.0. The largest absolute Gasteiger partial charge is 0.312 e. The molecule has 1 aliphatic heterocycles. The van der Waals surface area contributed by atoms with Crippen LogP contribution < -0.4 is 4.90 Å². The molecule has 0 fully saturated rings. The molecule has 0 atom stereocenters. The summed E-state index contributed by atoms with van der Waals surface area (Å²) in [5.41, 5.74) is 3.23. The molecule has 1 aromatic carbocycles. The van der Waals surface area contributed by atoms with E-state index in [1.165, 1.54) is 5.56 Å². The normalized spacial score (nSPS) is 12.9. The first-order chi connectivity index (χ1) is 8.22. The quantitative estimate of drug-likeness (QED) is 0.552. The fourth-order valence-corrected chi connectivity index (χ4v) is 2.11. The Labute approximate surface area is 107 Å². The van der Waals surface area contributed by atoms with Crippen molar-refractivity contribution in [2.75, 3.05) is 17.3 Å². The number of hydrogen-bond acceptors (Lipinski definition) is 1. The van der Waals surface area contributed by atoms with Crippen LogP contribution in [0.4, 0.5) is 5.69 Å². The lowest BCUT2D eigenvalue weighted by molar-refractivity contribution is -0.116. The summed E-state index contributed by atoms with van der Waals surface area (Å²) in [4.78, 5) is 13.2. The number of amides is 1. The molecule has 0 unspecified atom stereocenters. The van der Waals surface area contributed by atoms with E-state index in [1.54, 1.807) is 6.92 Å². The highest BCUT2D eigenvalue weighted by molar-refractivity contribution is 6.18. The fourth-order valence-electron chi connectivity index (χ4n) is 2.02. The summed E-state index contributed by atoms with van der Waals surface area (Å²) >= 11 is 5.57. The van der Waals surface area contributed by atoms with Gasteiger partial charge in [-0.15, -0.1) is 11.6 Å². The SMILES string of the molecule is CC(=O)N1CCc2cc(C#CCCCl)ccc21. The number of fused-ring (bicyclic) bond motifs is 1. The molecule has 17 heavy (non-hydrogen) atoms. The van der Waals surface area contributed by atoms with E-state index in [0.29, 0.717) is 12.3 Å². The first-order valence-corrected chi connectivity index (χ1v) is 6.21. The molecule has 1 aromatic rings. The van der Waals surface area contributed by atoms with Crippen LogP contribution in [-0.2, 0) is 11.2 Å². The Morgan fingerprint density at radius 2 is 2.35 bits per heavy atom. The molecule has 0 spiro atoms. The van der Waals surface area contributed by atoms with Crippen LogP contribution in [0.2, 0.25) is 0 Å². The number of alkyl halides is 1. The highest BCUT2D eigenvalue weighted by Crippen LogP contribution is 2.28. The maximum Gasteiger partial charge on any atom is 0.223 e. The molecule has 0 saturated carbocycles. The maximum atomic E-state index is 11.4. The van der Waals surface area contributed by atoms with E-state index < -0.39 is 0 Å². The summed E-state index contributed by atoms with van der Waals surface area (Å²) in [7, 11) is 0. The molecule has 2 rings (SSSR count). The van der Waals surface area contributed by atoms with Gasteiger partial charge in [0.15, 0.2) is 0 Å². The maximum absolute atomic E-state index is 11.4. The second kappa shape index (κ2) is 5.25. The molecule has 0 radical (unpaired) electrons. The zero-order valence-electron chi connectivity index (χ0n) is 9.79. The van der Waals surface area contributed by atoms with Crippen molar-refractivity contribution in [1.29, 1.82) is 0 Å². The van der Waals surface area contributed by atoms with Crippen molar-refractivity contribution in [3.63, 3.8) is 0 Å². The van der Waals surface area contributed by atoms with Crippen LogP contribution in [-0.4, -0.2) is 18.3 Å². The average molecular weight is 248 g/mol. The van der Waals surface area contributed by atoms with E-state index in [9.17, 15) is 4.79 Å². The molecule has 3 heteroatoms. The van der Waals surface area contributed by atoms with Gasteiger partial charge in [0.2, 0.25) is 5.91 Å². The third-order valence-corrected chi connectivity index (χ3v) is 3.00. The van der Waals surface area contributed by atoms with E-state index in [4.69, 9.17) is 11.6 Å². The van der Waals surface area contributed by atoms with Gasteiger partial charge in [0.25, 0.3) is 0 Å². The summed E-state index contributed by atoms with van der Waals surface area (Å²) in [5, 5.41) is 0. The highest BCUT2D eigenvalue weighted by Gasteiger charge is 2.21. The van der Waals surface area contributed by atoms with Gasteiger partial charge in [0.1, 0.15) is 0 Å². The number of carbonyl (C=O) groups is 1. The minimum Gasteiger partial charge on any atom is -0.312 e. The van der Waals surface area contributed by atoms with Crippen LogP contribution in [0.3, 0.4) is 0 Å². The molecule has 0 bridgehead atoms. The Morgan fingerprint density at radius 3 is 3.06 bits per heavy atom. The van der Waals surface area contributed by atoms with Crippen LogP contribution in [0, 0.1) is 11.8 Å². The second-order valence-electron chi connectivity index (χ2n) is 4.00. The van der Waals surface area contributed by atoms with Gasteiger partial charge in [0.05, 0.1) is 0 Å². The Morgan fingerprint density at radius 1 is 1.53 bits per heavy atom. The van der Waals surface area contributed by atoms with Gasteiger partial charge in [-0.3, -0.25) is 4.79 Å². The molecule has 1 amide bonds. The smallest absolute Gasteiger partial charge is 0.223 e. The summed E-state index contributed by atoms with van der Waals surface area (Å²) in [6, 6.07) is 6.01. The first-order valence-electron chi connectivity index (χ1n) is 5.68. The minimum atomic E-state index is 0.102. The summed E-state index contributed by atoms with van der Waals surface area (Å²) in [6.45, 7) is 2.38. The number of benzene rings is 1. The summed E-state index contributed by atoms with van der Waals surface area (Å²) in [5.74, 6) is 6.76. The molecule has 2 nitrogen and oxygen atoms in total. The van der Waals surface area contributed by atoms with Gasteiger partial charge >= 0.3 is 0 Å². The monoisotopic (exact) mass is 247 g/mol. The number of halogens is 1. The predicted molar refractivity (Wildman–Crippen MR) is 70.4 cm³/mol. The Balaban J connectivity index is 2.23. The van der Waals surface area contributed by atoms with Crippen molar-refractivity contribution in [3.05, 3.63) is 29.3 Å². The van der Waals surface area contributed by atoms with Gasteiger partial charge in [-0.2, -0.15) is 0 Å². The van der Waals surface area contributed by atoms with Crippen LogP contribution in [0.5, 0.6) is 0 Å². The Kier molecular flexibility index (Phi) is 3.71. The summed E-state index contributed by atoms with van der Waals surface area (Å²) < 4.78 is 0. The van der Waals surface area contributed by atoms with Gasteiger partial charge in [-0.25, -0.2) is 0 Å². The third-order valence-electron chi connectivity index (χ3n) is 2.81. The van der Waals surface area contributed by atoms with Crippen molar-refractivity contribution in [2.24, 2.45) is 0 Å². The van der Waals surface area contributed by atoms with Crippen molar-refractivity contribution in [3.8, 4) is 11.8 Å². The zero-order valence-corrected chi connectivity index (χ0v) is 10.5. The number of hydrogen-bond donors (Lipinski definition) is 0. The van der Waals surface area contributed by atoms with Gasteiger partial charge in [-0.05, 0) is 30.2 Å². The van der Waals surface area contributed by atoms with Gasteiger partial charge in [0, 0.05) is 37.0 Å². The molecular formula is C14H14ClNO. The summed E-state index contributed by atoms with van der Waals surface area (Å²) in [6.07, 6.45) is 1.62. The number of rotatable bonds is 1. The predicted octanol–water partition coefficient (Wildman–Crippen LogP) is 2.58. The Bertz CT molecular complexity index is 499. The molecule has 0 N–H and O–H groups in total. The highest BCUT2D eigenvalue weighted by atomic mass is 35.5. The van der Waals surface area contributed by atoms with Crippen molar-refractivity contribution in [2.45, 2.75) is 19.8 Å². The number of anilines is 1. The van der Waals surface area contributed by atoms with Crippen LogP contribution in [0.1, 0.15) is 24.5 Å². The third kappa shape index (κ3) is 2.62. The molecule has 1 aliphatic rings. The second-order valence-corrected chi connectivity index (χ2v) is 4.38. The molecule has 0 aliphatic carbocycles. The van der Waals surface area contributed by atoms with Gasteiger partial charge in [-0.1, -0.05) is 11.8 Å². The average Bonchev–Trinajstić information content (AvgIpc) is 2.72. The van der Waals surface area contributed by atoms with Crippen molar-refractivity contribution >= 4 is 23.2 Å². The number of nitrogens with zero attached hydrogens (tertiary/aromatic N) is 1. The topological polar surface area (TPSA) is 20.3 Å². The van der Waals surface area contributed by atoms with Crippen molar-refractivity contribution in [1.82, 2.24) is 0 Å². The molecule has 0 saturated heterocycles. The minimum absolute atomic E-state index is 0.102. The van der Waals surface area contributed by atoms with E-state index in [1.807, 2.05) is 17.0 Å². The lowest BCUT2D eigenvalue weighted by Crippen LogP contribution is -2.25. The Hall–Kier alpha value is -1.46. The van der Waals surface area contributed by atoms with E-state index in [0.717, 1.165) is 24.2 Å². The van der Waals surface area contributed by atoms with Crippen LogP contribution >= 0.6 is 11.6 Å². The lowest BCUT2D eigenvalue weighted by Gasteiger charge is -2.14. The van der Waals surface area contributed by atoms with Crippen LogP contribution in [0.25, 0.3) is 0 Å².